The molecular weight excluding hydrogens is 304 g/mol. The molecule has 0 fully saturated rings. The second-order valence-corrected chi connectivity index (χ2v) is 5.99. The minimum Gasteiger partial charge on any atom is -0.490 e. The van der Waals surface area contributed by atoms with Gasteiger partial charge in [-0.2, -0.15) is 0 Å². The van der Waals surface area contributed by atoms with Crippen molar-refractivity contribution in [3.8, 4) is 5.75 Å². The van der Waals surface area contributed by atoms with Crippen LogP contribution in [-0.4, -0.2) is 29.4 Å². The van der Waals surface area contributed by atoms with Gasteiger partial charge in [0.1, 0.15) is 12.4 Å². The summed E-state index contributed by atoms with van der Waals surface area (Å²) in [7, 11) is 0. The zero-order valence-electron chi connectivity index (χ0n) is 13.6. The number of ketones is 2. The van der Waals surface area contributed by atoms with Gasteiger partial charge in [0, 0.05) is 16.7 Å². The summed E-state index contributed by atoms with van der Waals surface area (Å²) in [4.78, 5) is 25.4. The van der Waals surface area contributed by atoms with Crippen LogP contribution in [0.25, 0.3) is 0 Å². The highest BCUT2D eigenvalue weighted by atomic mass is 16.5. The van der Waals surface area contributed by atoms with E-state index in [4.69, 9.17) is 4.74 Å². The van der Waals surface area contributed by atoms with E-state index in [0.29, 0.717) is 34.4 Å². The lowest BCUT2D eigenvalue weighted by Gasteiger charge is -2.21. The second-order valence-electron chi connectivity index (χ2n) is 5.99. The molecular formula is C20H20O4. The Morgan fingerprint density at radius 3 is 2.33 bits per heavy atom. The normalized spacial score (nSPS) is 14.1. The predicted molar refractivity (Wildman–Crippen MR) is 90.8 cm³/mol. The molecule has 0 amide bonds. The summed E-state index contributed by atoms with van der Waals surface area (Å²) in [5.74, 6) is -0.0214. The van der Waals surface area contributed by atoms with Gasteiger partial charge in [-0.05, 0) is 12.5 Å². The predicted octanol–water partition coefficient (Wildman–Crippen LogP) is 3.39. The van der Waals surface area contributed by atoms with Crippen LogP contribution in [0.4, 0.5) is 0 Å². The van der Waals surface area contributed by atoms with Crippen LogP contribution in [0.15, 0.2) is 42.5 Å². The summed E-state index contributed by atoms with van der Waals surface area (Å²) in [5, 5.41) is 9.94. The summed E-state index contributed by atoms with van der Waals surface area (Å²) >= 11 is 0. The molecule has 0 spiro atoms. The lowest BCUT2D eigenvalue weighted by Crippen LogP contribution is -2.23. The van der Waals surface area contributed by atoms with Crippen molar-refractivity contribution in [2.24, 2.45) is 0 Å². The Morgan fingerprint density at radius 2 is 1.62 bits per heavy atom. The maximum absolute atomic E-state index is 12.8. The molecule has 2 aromatic rings. The smallest absolute Gasteiger partial charge is 0.198 e. The van der Waals surface area contributed by atoms with Crippen molar-refractivity contribution in [2.45, 2.75) is 32.3 Å². The van der Waals surface area contributed by atoms with Crippen molar-refractivity contribution in [3.63, 3.8) is 0 Å². The molecule has 1 aliphatic carbocycles. The number of fused-ring (bicyclic) bond motifs is 2. The number of carbonyl (C=O) groups is 2. The molecule has 0 heterocycles. The molecule has 24 heavy (non-hydrogen) atoms. The summed E-state index contributed by atoms with van der Waals surface area (Å²) in [6.07, 6.45) is 1.99. The number of rotatable bonds is 6. The van der Waals surface area contributed by atoms with Crippen molar-refractivity contribution in [1.29, 1.82) is 0 Å². The van der Waals surface area contributed by atoms with E-state index >= 15 is 0 Å². The number of carbonyl (C=O) groups excluding carboxylic acids is 2. The molecule has 0 aliphatic heterocycles. The largest absolute Gasteiger partial charge is 0.490 e. The lowest BCUT2D eigenvalue weighted by molar-refractivity contribution is 0.0926. The van der Waals surface area contributed by atoms with E-state index in [1.165, 1.54) is 0 Å². The van der Waals surface area contributed by atoms with E-state index in [1.807, 2.05) is 0 Å². The van der Waals surface area contributed by atoms with Gasteiger partial charge < -0.3 is 9.84 Å². The molecule has 4 heteroatoms. The lowest BCUT2D eigenvalue weighted by atomic mass is 9.83. The summed E-state index contributed by atoms with van der Waals surface area (Å²) in [5.41, 5.74) is 1.48. The van der Waals surface area contributed by atoms with E-state index in [-0.39, 0.29) is 18.2 Å². The SMILES string of the molecule is CCCCC(O)COc1cccc2c1C(=O)c1ccccc1C2=O. The van der Waals surface area contributed by atoms with Crippen molar-refractivity contribution >= 4 is 11.6 Å². The first-order valence-corrected chi connectivity index (χ1v) is 8.25. The van der Waals surface area contributed by atoms with E-state index in [0.717, 1.165) is 12.8 Å². The standard InChI is InChI=1S/C20H20O4/c1-2-3-7-13(21)12-24-17-11-6-10-16-18(17)20(23)15-9-5-4-8-14(15)19(16)22/h4-6,8-11,13,21H,2-3,7,12H2,1H3. The summed E-state index contributed by atoms with van der Waals surface area (Å²) in [6, 6.07) is 11.8. The van der Waals surface area contributed by atoms with Gasteiger partial charge in [-0.15, -0.1) is 0 Å². The molecule has 1 aliphatic rings. The molecule has 3 rings (SSSR count). The van der Waals surface area contributed by atoms with E-state index in [9.17, 15) is 14.7 Å². The molecule has 1 N–H and O–H groups in total. The van der Waals surface area contributed by atoms with Gasteiger partial charge in [0.2, 0.25) is 0 Å². The number of benzene rings is 2. The number of aliphatic hydroxyl groups excluding tert-OH is 1. The van der Waals surface area contributed by atoms with Crippen LogP contribution in [-0.2, 0) is 0 Å². The first-order valence-electron chi connectivity index (χ1n) is 8.25. The maximum Gasteiger partial charge on any atom is 0.198 e. The second kappa shape index (κ2) is 6.97. The molecule has 124 valence electrons. The summed E-state index contributed by atoms with van der Waals surface area (Å²) in [6.45, 7) is 2.17. The van der Waals surface area contributed by atoms with Crippen LogP contribution in [0.5, 0.6) is 5.75 Å². The zero-order chi connectivity index (χ0) is 17.1. The quantitative estimate of drug-likeness (QED) is 0.755. The van der Waals surface area contributed by atoms with Crippen LogP contribution >= 0.6 is 0 Å². The van der Waals surface area contributed by atoms with E-state index in [2.05, 4.69) is 6.92 Å². The molecule has 1 atom stereocenters. The fourth-order valence-corrected chi connectivity index (χ4v) is 2.94. The Labute approximate surface area is 141 Å². The maximum atomic E-state index is 12.8. The van der Waals surface area contributed by atoms with E-state index in [1.54, 1.807) is 42.5 Å². The van der Waals surface area contributed by atoms with Gasteiger partial charge in [-0.25, -0.2) is 0 Å². The molecule has 0 saturated heterocycles. The fourth-order valence-electron chi connectivity index (χ4n) is 2.94. The van der Waals surface area contributed by atoms with Gasteiger partial charge >= 0.3 is 0 Å². The van der Waals surface area contributed by atoms with Crippen LogP contribution in [0.2, 0.25) is 0 Å². The van der Waals surface area contributed by atoms with Gasteiger partial charge in [0.25, 0.3) is 0 Å². The number of ether oxygens (including phenoxy) is 1. The number of hydrogen-bond acceptors (Lipinski definition) is 4. The van der Waals surface area contributed by atoms with Crippen molar-refractivity contribution < 1.29 is 19.4 Å². The van der Waals surface area contributed by atoms with Crippen LogP contribution in [0.1, 0.15) is 58.0 Å². The fraction of sp³-hybridized carbons (Fsp3) is 0.300. The zero-order valence-corrected chi connectivity index (χ0v) is 13.6. The van der Waals surface area contributed by atoms with Crippen molar-refractivity contribution in [1.82, 2.24) is 0 Å². The third-order valence-electron chi connectivity index (χ3n) is 4.24. The molecule has 0 radical (unpaired) electrons. The highest BCUT2D eigenvalue weighted by Gasteiger charge is 2.31. The van der Waals surface area contributed by atoms with E-state index < -0.39 is 6.10 Å². The van der Waals surface area contributed by atoms with Gasteiger partial charge in [-0.1, -0.05) is 56.2 Å². The average Bonchev–Trinajstić information content (AvgIpc) is 2.62. The van der Waals surface area contributed by atoms with Gasteiger partial charge in [0.15, 0.2) is 11.6 Å². The number of unbranched alkanes of at least 4 members (excludes halogenated alkanes) is 1. The molecule has 0 bridgehead atoms. The molecule has 0 saturated carbocycles. The Kier molecular flexibility index (Phi) is 4.76. The Balaban J connectivity index is 1.90. The van der Waals surface area contributed by atoms with Gasteiger partial charge in [0.05, 0.1) is 11.7 Å². The Bertz CT molecular complexity index is 779. The van der Waals surface area contributed by atoms with Crippen molar-refractivity contribution in [2.75, 3.05) is 6.61 Å². The monoisotopic (exact) mass is 324 g/mol. The minimum absolute atomic E-state index is 0.111. The third-order valence-corrected chi connectivity index (χ3v) is 4.24. The van der Waals surface area contributed by atoms with Crippen LogP contribution < -0.4 is 4.74 Å². The molecule has 2 aromatic carbocycles. The molecule has 0 aromatic heterocycles. The van der Waals surface area contributed by atoms with Gasteiger partial charge in [-0.3, -0.25) is 9.59 Å². The first-order chi connectivity index (χ1) is 11.6. The third kappa shape index (κ3) is 2.97. The summed E-state index contributed by atoms with van der Waals surface area (Å²) < 4.78 is 5.67. The number of aliphatic hydroxyl groups is 1. The molecule has 4 nitrogen and oxygen atoms in total. The van der Waals surface area contributed by atoms with Crippen molar-refractivity contribution in [3.05, 3.63) is 64.7 Å². The highest BCUT2D eigenvalue weighted by molar-refractivity contribution is 6.29. The Hall–Kier alpha value is -2.46. The van der Waals surface area contributed by atoms with Crippen LogP contribution in [0, 0.1) is 0 Å². The Morgan fingerprint density at radius 1 is 0.958 bits per heavy atom. The average molecular weight is 324 g/mol. The number of hydrogen-bond donors (Lipinski definition) is 1. The topological polar surface area (TPSA) is 63.6 Å². The highest BCUT2D eigenvalue weighted by Crippen LogP contribution is 2.33. The minimum atomic E-state index is -0.581. The molecule has 1 unspecified atom stereocenters. The van der Waals surface area contributed by atoms with Crippen LogP contribution in [0.3, 0.4) is 0 Å². The first kappa shape index (κ1) is 16.4.